The Morgan fingerprint density at radius 1 is 1.37 bits per heavy atom. The summed E-state index contributed by atoms with van der Waals surface area (Å²) in [5.74, 6) is -3.57. The van der Waals surface area contributed by atoms with Crippen LogP contribution in [0.15, 0.2) is 45.7 Å². The minimum absolute atomic E-state index is 0.00874. The molecule has 2 aliphatic rings. The molecular formula is C22H23N9O7S3. The van der Waals surface area contributed by atoms with Gasteiger partial charge in [-0.1, -0.05) is 22.8 Å². The molecule has 2 amide bonds. The van der Waals surface area contributed by atoms with Crippen LogP contribution in [-0.4, -0.2) is 79.0 Å². The van der Waals surface area contributed by atoms with Crippen molar-refractivity contribution >= 4 is 81.1 Å². The first-order chi connectivity index (χ1) is 19.5. The second kappa shape index (κ2) is 12.4. The molecule has 2 aromatic heterocycles. The SMILES string of the molecule is C=CC[n+]1c(N)cc(N)nc1SCC1=C(C(=O)[O-])N2C(=O)C(NC(=O)/C(=N\OCC(=O)O)c3csc(N)n3)C2SC1. The highest BCUT2D eigenvalue weighted by molar-refractivity contribution is 8.01. The summed E-state index contributed by atoms with van der Waals surface area (Å²) < 4.78 is 1.65. The minimum Gasteiger partial charge on any atom is -0.543 e. The number of rotatable bonds is 12. The van der Waals surface area contributed by atoms with Gasteiger partial charge < -0.3 is 42.4 Å². The van der Waals surface area contributed by atoms with E-state index in [-0.39, 0.29) is 33.8 Å². The van der Waals surface area contributed by atoms with Crippen LogP contribution in [0.3, 0.4) is 0 Å². The third-order valence-corrected chi connectivity index (χ3v) is 8.68. The van der Waals surface area contributed by atoms with E-state index in [2.05, 4.69) is 27.0 Å². The number of nitrogens with zero attached hydrogens (tertiary/aromatic N) is 5. The van der Waals surface area contributed by atoms with Crippen LogP contribution < -0.4 is 32.2 Å². The van der Waals surface area contributed by atoms with Gasteiger partial charge >= 0.3 is 11.1 Å². The van der Waals surface area contributed by atoms with Crippen molar-refractivity contribution < 1.29 is 38.8 Å². The summed E-state index contributed by atoms with van der Waals surface area (Å²) >= 11 is 3.43. The first kappa shape index (κ1) is 29.6. The lowest BCUT2D eigenvalue weighted by Crippen LogP contribution is -2.71. The maximum absolute atomic E-state index is 13.1. The molecular weight excluding hydrogens is 598 g/mol. The van der Waals surface area contributed by atoms with Crippen molar-refractivity contribution in [3.8, 4) is 0 Å². The van der Waals surface area contributed by atoms with Gasteiger partial charge in [0.25, 0.3) is 11.8 Å². The molecule has 8 N–H and O–H groups in total. The topological polar surface area (TPSA) is 256 Å². The number of oxime groups is 1. The van der Waals surface area contributed by atoms with Gasteiger partial charge in [-0.3, -0.25) is 14.5 Å². The van der Waals surface area contributed by atoms with Crippen LogP contribution in [0.1, 0.15) is 5.69 Å². The van der Waals surface area contributed by atoms with Crippen molar-refractivity contribution in [3.63, 3.8) is 0 Å². The van der Waals surface area contributed by atoms with E-state index in [0.29, 0.717) is 23.1 Å². The number of aromatic nitrogens is 3. The summed E-state index contributed by atoms with van der Waals surface area (Å²) in [7, 11) is 0. The Balaban J connectivity index is 1.52. The van der Waals surface area contributed by atoms with E-state index in [9.17, 15) is 24.3 Å². The molecule has 0 aromatic carbocycles. The number of allylic oxidation sites excluding steroid dienone is 1. The average Bonchev–Trinajstić information content (AvgIpc) is 3.34. The number of hydrogen-bond acceptors (Lipinski definition) is 15. The summed E-state index contributed by atoms with van der Waals surface area (Å²) in [5.41, 5.74) is 17.2. The highest BCUT2D eigenvalue weighted by Gasteiger charge is 2.53. The van der Waals surface area contributed by atoms with Gasteiger partial charge in [-0.25, -0.2) is 14.3 Å². The van der Waals surface area contributed by atoms with E-state index in [4.69, 9.17) is 27.1 Å². The van der Waals surface area contributed by atoms with Crippen LogP contribution in [0.2, 0.25) is 0 Å². The molecule has 0 aliphatic carbocycles. The minimum atomic E-state index is -1.55. The van der Waals surface area contributed by atoms with Crippen molar-refractivity contribution in [1.29, 1.82) is 0 Å². The van der Waals surface area contributed by atoms with Crippen molar-refractivity contribution in [2.75, 3.05) is 35.3 Å². The van der Waals surface area contributed by atoms with Crippen LogP contribution in [0.4, 0.5) is 16.8 Å². The maximum atomic E-state index is 13.1. The fourth-order valence-corrected chi connectivity index (χ4v) is 6.93. The van der Waals surface area contributed by atoms with Crippen molar-refractivity contribution in [2.24, 2.45) is 5.16 Å². The number of carbonyl (C=O) groups is 4. The number of nitrogens with one attached hydrogen (secondary N) is 1. The van der Waals surface area contributed by atoms with Crippen LogP contribution in [-0.2, 0) is 30.6 Å². The summed E-state index contributed by atoms with van der Waals surface area (Å²) in [6.45, 7) is 3.22. The number of fused-ring (bicyclic) bond motifs is 1. The average molecular weight is 622 g/mol. The predicted molar refractivity (Wildman–Crippen MR) is 148 cm³/mol. The number of nitrogen functional groups attached to an aromatic ring is 3. The smallest absolute Gasteiger partial charge is 0.344 e. The molecule has 0 bridgehead atoms. The molecule has 4 heterocycles. The van der Waals surface area contributed by atoms with E-state index in [1.807, 2.05) is 0 Å². The normalized spacial score (nSPS) is 18.4. The highest BCUT2D eigenvalue weighted by Crippen LogP contribution is 2.41. The van der Waals surface area contributed by atoms with Crippen LogP contribution >= 0.6 is 34.9 Å². The molecule has 19 heteroatoms. The van der Waals surface area contributed by atoms with Crippen LogP contribution in [0, 0.1) is 0 Å². The first-order valence-electron chi connectivity index (χ1n) is 11.5. The van der Waals surface area contributed by atoms with E-state index in [1.54, 1.807) is 10.6 Å². The summed E-state index contributed by atoms with van der Waals surface area (Å²) in [6.07, 6.45) is 1.62. The molecule has 0 spiro atoms. The third kappa shape index (κ3) is 6.36. The Morgan fingerprint density at radius 3 is 2.76 bits per heavy atom. The number of thioether (sulfide) groups is 2. The number of carboxylic acids is 2. The van der Waals surface area contributed by atoms with E-state index >= 15 is 0 Å². The van der Waals surface area contributed by atoms with Crippen molar-refractivity contribution in [2.45, 2.75) is 23.1 Å². The molecule has 4 rings (SSSR count). The van der Waals surface area contributed by atoms with Gasteiger partial charge in [-0.2, -0.15) is 0 Å². The quantitative estimate of drug-likeness (QED) is 0.0319. The number of anilines is 3. The number of carboxylic acid groups (broad SMARTS) is 2. The van der Waals surface area contributed by atoms with Gasteiger partial charge in [0.05, 0.1) is 24.3 Å². The molecule has 16 nitrogen and oxygen atoms in total. The zero-order chi connectivity index (χ0) is 29.8. The molecule has 2 aliphatic heterocycles. The molecule has 1 fully saturated rings. The van der Waals surface area contributed by atoms with Crippen molar-refractivity contribution in [1.82, 2.24) is 20.2 Å². The Kier molecular flexibility index (Phi) is 8.98. The highest BCUT2D eigenvalue weighted by atomic mass is 32.2. The van der Waals surface area contributed by atoms with E-state index in [0.717, 1.165) is 16.2 Å². The molecule has 41 heavy (non-hydrogen) atoms. The number of carbonyl (C=O) groups excluding carboxylic acids is 3. The van der Waals surface area contributed by atoms with Gasteiger partial charge in [-0.05, 0) is 17.3 Å². The Bertz CT molecular complexity index is 1490. The number of thiazole rings is 1. The second-order valence-electron chi connectivity index (χ2n) is 8.36. The molecule has 0 saturated carbocycles. The predicted octanol–water partition coefficient (Wildman–Crippen LogP) is -2.24. The number of β-lactam (4-membered cyclic amide) rings is 1. The molecule has 2 unspecified atom stereocenters. The van der Waals surface area contributed by atoms with Gasteiger partial charge in [0.2, 0.25) is 18.2 Å². The zero-order valence-electron chi connectivity index (χ0n) is 21.0. The molecule has 2 aromatic rings. The number of nitrogens with two attached hydrogens (primary N) is 3. The fourth-order valence-electron chi connectivity index (χ4n) is 3.86. The summed E-state index contributed by atoms with van der Waals surface area (Å²) in [6, 6.07) is 0.382. The van der Waals surface area contributed by atoms with Crippen LogP contribution in [0.25, 0.3) is 0 Å². The van der Waals surface area contributed by atoms with Gasteiger partial charge in [0.15, 0.2) is 10.8 Å². The lowest BCUT2D eigenvalue weighted by Gasteiger charge is -2.50. The maximum Gasteiger partial charge on any atom is 0.344 e. The summed E-state index contributed by atoms with van der Waals surface area (Å²) in [4.78, 5) is 63.0. The van der Waals surface area contributed by atoms with Crippen LogP contribution in [0.5, 0.6) is 0 Å². The Hall–Kier alpha value is -4.36. The number of aliphatic carboxylic acids is 2. The molecule has 1 saturated heterocycles. The zero-order valence-corrected chi connectivity index (χ0v) is 23.5. The Labute approximate surface area is 244 Å². The fraction of sp³-hybridized carbons (Fsp3) is 0.273. The second-order valence-corrected chi connectivity index (χ2v) is 11.3. The van der Waals surface area contributed by atoms with Gasteiger partial charge in [0.1, 0.15) is 17.1 Å². The third-order valence-electron chi connectivity index (χ3n) is 5.60. The standard InChI is InChI=1S/C22H23N9O7S3/c1-2-3-30-12(24)4-11(23)27-22(30)41-7-9-6-39-19-15(18(35)31(19)16(9)20(36)37)28-17(34)14(29-38-5-13(32)33)10-8-40-21(25)26-10/h2,4,8,15,19H,1,3,5-7H2,(H8,23,24,25,26,28,32,33,34,36,37)/b29-14-. The van der Waals surface area contributed by atoms with Gasteiger partial charge in [0, 0.05) is 16.9 Å². The lowest BCUT2D eigenvalue weighted by atomic mass is 10.0. The van der Waals surface area contributed by atoms with Crippen molar-refractivity contribution in [3.05, 3.63) is 41.1 Å². The number of amides is 2. The lowest BCUT2D eigenvalue weighted by molar-refractivity contribution is -0.713. The molecule has 0 radical (unpaired) electrons. The summed E-state index contributed by atoms with van der Waals surface area (Å²) in [5, 5.41) is 28.2. The largest absolute Gasteiger partial charge is 0.543 e. The monoisotopic (exact) mass is 621 g/mol. The van der Waals surface area contributed by atoms with E-state index < -0.39 is 47.5 Å². The molecule has 2 atom stereocenters. The Morgan fingerprint density at radius 2 is 2.12 bits per heavy atom. The first-order valence-corrected chi connectivity index (χ1v) is 14.4. The van der Waals surface area contributed by atoms with E-state index in [1.165, 1.54) is 35.0 Å². The van der Waals surface area contributed by atoms with Gasteiger partial charge in [-0.15, -0.1) is 23.1 Å². The molecule has 216 valence electrons. The number of hydrogen-bond donors (Lipinski definition) is 5.